The second-order valence-corrected chi connectivity index (χ2v) is 5.20. The van der Waals surface area contributed by atoms with Crippen molar-refractivity contribution in [2.45, 2.75) is 13.3 Å². The van der Waals surface area contributed by atoms with E-state index in [2.05, 4.69) is 33.7 Å². The number of rotatable bonds is 4. The van der Waals surface area contributed by atoms with Crippen LogP contribution in [0.3, 0.4) is 0 Å². The number of carbonyl (C=O) groups excluding carboxylic acids is 1. The number of amides is 1. The van der Waals surface area contributed by atoms with Gasteiger partial charge >= 0.3 is 0 Å². The standard InChI is InChI=1S/C16H20N4O/c1-2-20-9-7-12(8-10-20)18-19-16(21)14-11-17-15-6-4-3-5-13(14)15/h3-7,11,17-18H,2,8-10H2,1H3,(H,19,21). The molecule has 0 saturated carbocycles. The molecule has 0 saturated heterocycles. The summed E-state index contributed by atoms with van der Waals surface area (Å²) in [7, 11) is 0. The third-order valence-electron chi connectivity index (χ3n) is 3.91. The number of aromatic nitrogens is 1. The van der Waals surface area contributed by atoms with Gasteiger partial charge in [0, 0.05) is 42.3 Å². The maximum atomic E-state index is 12.3. The average Bonchev–Trinajstić information content (AvgIpc) is 2.97. The Kier molecular flexibility index (Phi) is 3.92. The first-order valence-electron chi connectivity index (χ1n) is 7.32. The third-order valence-corrected chi connectivity index (χ3v) is 3.91. The number of benzene rings is 1. The molecule has 5 nitrogen and oxygen atoms in total. The predicted octanol–water partition coefficient (Wildman–Crippen LogP) is 2.01. The zero-order chi connectivity index (χ0) is 14.7. The molecule has 0 unspecified atom stereocenters. The lowest BCUT2D eigenvalue weighted by molar-refractivity contribution is 0.0939. The first kappa shape index (κ1) is 13.7. The summed E-state index contributed by atoms with van der Waals surface area (Å²) >= 11 is 0. The van der Waals surface area contributed by atoms with E-state index in [1.807, 2.05) is 24.3 Å². The smallest absolute Gasteiger partial charge is 0.271 e. The van der Waals surface area contributed by atoms with Gasteiger partial charge in [0.25, 0.3) is 5.91 Å². The molecule has 110 valence electrons. The quantitative estimate of drug-likeness (QED) is 0.753. The fourth-order valence-corrected chi connectivity index (χ4v) is 2.58. The van der Waals surface area contributed by atoms with Crippen molar-refractivity contribution in [3.8, 4) is 0 Å². The molecule has 0 radical (unpaired) electrons. The Morgan fingerprint density at radius 3 is 3.00 bits per heavy atom. The minimum Gasteiger partial charge on any atom is -0.360 e. The Balaban J connectivity index is 1.63. The molecular formula is C16H20N4O. The molecule has 0 spiro atoms. The highest BCUT2D eigenvalue weighted by Crippen LogP contribution is 2.17. The van der Waals surface area contributed by atoms with Crippen LogP contribution in [-0.2, 0) is 0 Å². The minimum absolute atomic E-state index is 0.119. The normalized spacial score (nSPS) is 15.8. The molecule has 21 heavy (non-hydrogen) atoms. The van der Waals surface area contributed by atoms with Crippen molar-refractivity contribution in [2.75, 3.05) is 19.6 Å². The lowest BCUT2D eigenvalue weighted by Gasteiger charge is -2.25. The Morgan fingerprint density at radius 1 is 1.38 bits per heavy atom. The zero-order valence-corrected chi connectivity index (χ0v) is 12.1. The number of H-pyrrole nitrogens is 1. The molecule has 1 amide bonds. The van der Waals surface area contributed by atoms with Crippen LogP contribution in [0.25, 0.3) is 10.9 Å². The van der Waals surface area contributed by atoms with Crippen molar-refractivity contribution in [1.29, 1.82) is 0 Å². The maximum absolute atomic E-state index is 12.3. The number of aromatic amines is 1. The van der Waals surface area contributed by atoms with Crippen molar-refractivity contribution in [2.24, 2.45) is 0 Å². The van der Waals surface area contributed by atoms with E-state index < -0.39 is 0 Å². The number of carbonyl (C=O) groups is 1. The van der Waals surface area contributed by atoms with Crippen LogP contribution in [0.4, 0.5) is 0 Å². The molecule has 3 rings (SSSR count). The molecule has 2 aromatic rings. The second-order valence-electron chi connectivity index (χ2n) is 5.20. The molecule has 0 bridgehead atoms. The summed E-state index contributed by atoms with van der Waals surface area (Å²) in [5.74, 6) is -0.119. The fourth-order valence-electron chi connectivity index (χ4n) is 2.58. The lowest BCUT2D eigenvalue weighted by atomic mass is 10.2. The SMILES string of the molecule is CCN1CC=C(NNC(=O)c2c[nH]c3ccccc23)CC1. The molecule has 1 aromatic heterocycles. The molecule has 3 N–H and O–H groups in total. The number of hydrogen-bond acceptors (Lipinski definition) is 3. The first-order chi connectivity index (χ1) is 10.3. The summed E-state index contributed by atoms with van der Waals surface area (Å²) < 4.78 is 0. The second kappa shape index (κ2) is 6.01. The van der Waals surface area contributed by atoms with E-state index in [1.165, 1.54) is 0 Å². The number of likely N-dealkylation sites (N-methyl/N-ethyl adjacent to an activating group) is 1. The molecule has 0 aliphatic carbocycles. The molecular weight excluding hydrogens is 264 g/mol. The number of hydrogen-bond donors (Lipinski definition) is 3. The van der Waals surface area contributed by atoms with Crippen molar-refractivity contribution in [3.63, 3.8) is 0 Å². The van der Waals surface area contributed by atoms with Gasteiger partial charge < -0.3 is 10.4 Å². The van der Waals surface area contributed by atoms with Gasteiger partial charge in [0.1, 0.15) is 0 Å². The van der Waals surface area contributed by atoms with E-state index in [0.717, 1.165) is 42.7 Å². The maximum Gasteiger partial charge on any atom is 0.271 e. The Morgan fingerprint density at radius 2 is 2.24 bits per heavy atom. The molecule has 1 aliphatic rings. The summed E-state index contributed by atoms with van der Waals surface area (Å²) in [6.45, 7) is 5.18. The summed E-state index contributed by atoms with van der Waals surface area (Å²) in [5.41, 5.74) is 8.53. The molecule has 1 aromatic carbocycles. The van der Waals surface area contributed by atoms with Gasteiger partial charge in [0.2, 0.25) is 0 Å². The highest BCUT2D eigenvalue weighted by Gasteiger charge is 2.13. The van der Waals surface area contributed by atoms with Crippen molar-refractivity contribution >= 4 is 16.8 Å². The fraction of sp³-hybridized carbons (Fsp3) is 0.312. The average molecular weight is 284 g/mol. The number of hydrazine groups is 1. The van der Waals surface area contributed by atoms with E-state index >= 15 is 0 Å². The van der Waals surface area contributed by atoms with Crippen LogP contribution in [0.1, 0.15) is 23.7 Å². The van der Waals surface area contributed by atoms with E-state index in [9.17, 15) is 4.79 Å². The van der Waals surface area contributed by atoms with Crippen LogP contribution in [0.2, 0.25) is 0 Å². The van der Waals surface area contributed by atoms with E-state index in [-0.39, 0.29) is 5.91 Å². The Labute approximate surface area is 124 Å². The van der Waals surface area contributed by atoms with Gasteiger partial charge in [-0.3, -0.25) is 15.1 Å². The van der Waals surface area contributed by atoms with Gasteiger partial charge in [0.15, 0.2) is 0 Å². The third kappa shape index (κ3) is 2.92. The summed E-state index contributed by atoms with van der Waals surface area (Å²) in [5, 5.41) is 0.937. The Bertz CT molecular complexity index is 674. The number of fused-ring (bicyclic) bond motifs is 1. The minimum atomic E-state index is -0.119. The summed E-state index contributed by atoms with van der Waals surface area (Å²) in [6, 6.07) is 7.79. The van der Waals surface area contributed by atoms with Crippen LogP contribution in [0.15, 0.2) is 42.2 Å². The largest absolute Gasteiger partial charge is 0.360 e. The van der Waals surface area contributed by atoms with Gasteiger partial charge in [-0.1, -0.05) is 25.1 Å². The van der Waals surface area contributed by atoms with Crippen molar-refractivity contribution in [1.82, 2.24) is 20.7 Å². The number of nitrogens with zero attached hydrogens (tertiary/aromatic N) is 1. The van der Waals surface area contributed by atoms with E-state index in [1.54, 1.807) is 6.20 Å². The highest BCUT2D eigenvalue weighted by molar-refractivity contribution is 6.06. The van der Waals surface area contributed by atoms with Crippen LogP contribution in [-0.4, -0.2) is 35.4 Å². The molecule has 2 heterocycles. The number of para-hydroxylation sites is 1. The zero-order valence-electron chi connectivity index (χ0n) is 12.1. The highest BCUT2D eigenvalue weighted by atomic mass is 16.2. The van der Waals surface area contributed by atoms with Gasteiger partial charge in [-0.2, -0.15) is 0 Å². The van der Waals surface area contributed by atoms with Crippen LogP contribution >= 0.6 is 0 Å². The first-order valence-corrected chi connectivity index (χ1v) is 7.32. The summed E-state index contributed by atoms with van der Waals surface area (Å²) in [4.78, 5) is 17.7. The molecule has 1 aliphatic heterocycles. The van der Waals surface area contributed by atoms with E-state index in [4.69, 9.17) is 0 Å². The van der Waals surface area contributed by atoms with Gasteiger partial charge in [-0.25, -0.2) is 0 Å². The van der Waals surface area contributed by atoms with Crippen LogP contribution < -0.4 is 10.9 Å². The monoisotopic (exact) mass is 284 g/mol. The topological polar surface area (TPSA) is 60.2 Å². The lowest BCUT2D eigenvalue weighted by Crippen LogP contribution is -2.40. The van der Waals surface area contributed by atoms with Crippen molar-refractivity contribution in [3.05, 3.63) is 47.8 Å². The molecule has 0 fully saturated rings. The molecule has 0 atom stereocenters. The van der Waals surface area contributed by atoms with Crippen LogP contribution in [0.5, 0.6) is 0 Å². The van der Waals surface area contributed by atoms with Crippen molar-refractivity contribution < 1.29 is 4.79 Å². The Hall–Kier alpha value is -2.27. The van der Waals surface area contributed by atoms with Gasteiger partial charge in [-0.15, -0.1) is 0 Å². The summed E-state index contributed by atoms with van der Waals surface area (Å²) in [6.07, 6.45) is 4.81. The molecule has 5 heteroatoms. The number of nitrogens with one attached hydrogen (secondary N) is 3. The van der Waals surface area contributed by atoms with E-state index in [0.29, 0.717) is 5.56 Å². The van der Waals surface area contributed by atoms with Crippen LogP contribution in [0, 0.1) is 0 Å². The van der Waals surface area contributed by atoms with Gasteiger partial charge in [0.05, 0.1) is 5.56 Å². The van der Waals surface area contributed by atoms with Gasteiger partial charge in [-0.05, 0) is 18.7 Å². The predicted molar refractivity (Wildman–Crippen MR) is 83.7 cm³/mol.